The van der Waals surface area contributed by atoms with Gasteiger partial charge < -0.3 is 4.74 Å². The minimum absolute atomic E-state index is 0.281. The summed E-state index contributed by atoms with van der Waals surface area (Å²) < 4.78 is 41.4. The van der Waals surface area contributed by atoms with E-state index in [0.717, 1.165) is 5.69 Å². The van der Waals surface area contributed by atoms with Gasteiger partial charge in [-0.05, 0) is 24.6 Å². The van der Waals surface area contributed by atoms with Gasteiger partial charge in [0.2, 0.25) is 0 Å². The first-order chi connectivity index (χ1) is 9.90. The molecule has 4 nitrogen and oxygen atoms in total. The molecule has 1 unspecified atom stereocenters. The van der Waals surface area contributed by atoms with Gasteiger partial charge in [0.05, 0.1) is 6.04 Å². The highest BCUT2D eigenvalue weighted by atomic mass is 19.4. The molecule has 21 heavy (non-hydrogen) atoms. The molecule has 2 aromatic rings. The van der Waals surface area contributed by atoms with Gasteiger partial charge in [-0.2, -0.15) is 0 Å². The molecule has 0 bridgehead atoms. The van der Waals surface area contributed by atoms with E-state index < -0.39 is 12.4 Å². The zero-order valence-electron chi connectivity index (χ0n) is 11.2. The van der Waals surface area contributed by atoms with Gasteiger partial charge in [0, 0.05) is 17.5 Å². The van der Waals surface area contributed by atoms with Crippen molar-refractivity contribution in [3.05, 3.63) is 59.4 Å². The number of nitrogens with zero attached hydrogens (tertiary/aromatic N) is 1. The zero-order chi connectivity index (χ0) is 15.5. The van der Waals surface area contributed by atoms with Crippen molar-refractivity contribution in [2.45, 2.75) is 19.3 Å². The van der Waals surface area contributed by atoms with Gasteiger partial charge in [-0.25, -0.2) is 5.43 Å². The Balaban J connectivity index is 2.40. The number of alkyl halides is 3. The first kappa shape index (κ1) is 15.3. The normalized spacial score (nSPS) is 13.0. The molecule has 2 rings (SSSR count). The molecule has 0 saturated carbocycles. The van der Waals surface area contributed by atoms with E-state index >= 15 is 0 Å². The number of benzene rings is 1. The van der Waals surface area contributed by atoms with E-state index in [-0.39, 0.29) is 11.3 Å². The fourth-order valence-electron chi connectivity index (χ4n) is 1.95. The van der Waals surface area contributed by atoms with Crippen molar-refractivity contribution in [2.75, 3.05) is 0 Å². The smallest absolute Gasteiger partial charge is 0.405 e. The van der Waals surface area contributed by atoms with Gasteiger partial charge in [0.15, 0.2) is 0 Å². The van der Waals surface area contributed by atoms with Gasteiger partial charge >= 0.3 is 6.36 Å². The summed E-state index contributed by atoms with van der Waals surface area (Å²) in [5, 5.41) is 0. The fourth-order valence-corrected chi connectivity index (χ4v) is 1.95. The monoisotopic (exact) mass is 297 g/mol. The molecular formula is C14H14F3N3O. The van der Waals surface area contributed by atoms with Crippen LogP contribution in [0.3, 0.4) is 0 Å². The topological polar surface area (TPSA) is 60.2 Å². The number of aromatic nitrogens is 1. The first-order valence-electron chi connectivity index (χ1n) is 6.14. The molecule has 7 heteroatoms. The second kappa shape index (κ2) is 6.11. The van der Waals surface area contributed by atoms with E-state index in [4.69, 9.17) is 5.84 Å². The Kier molecular flexibility index (Phi) is 4.44. The number of nitrogens with one attached hydrogen (secondary N) is 1. The Morgan fingerprint density at radius 3 is 2.48 bits per heavy atom. The molecular weight excluding hydrogens is 283 g/mol. The largest absolute Gasteiger partial charge is 0.573 e. The first-order valence-corrected chi connectivity index (χ1v) is 6.14. The summed E-state index contributed by atoms with van der Waals surface area (Å²) in [4.78, 5) is 4.12. The van der Waals surface area contributed by atoms with Gasteiger partial charge in [-0.1, -0.05) is 24.3 Å². The van der Waals surface area contributed by atoms with Crippen molar-refractivity contribution in [3.63, 3.8) is 0 Å². The SMILES string of the molecule is Cc1ccc(C(NN)c2ccccc2OC(F)(F)F)cn1. The van der Waals surface area contributed by atoms with Crippen molar-refractivity contribution in [3.8, 4) is 5.75 Å². The van der Waals surface area contributed by atoms with E-state index in [2.05, 4.69) is 15.1 Å². The molecule has 0 amide bonds. The van der Waals surface area contributed by atoms with Gasteiger partial charge in [0.25, 0.3) is 0 Å². The van der Waals surface area contributed by atoms with E-state index in [9.17, 15) is 13.2 Å². The molecule has 1 atom stereocenters. The average Bonchev–Trinajstić information content (AvgIpc) is 2.42. The van der Waals surface area contributed by atoms with Crippen LogP contribution in [0.1, 0.15) is 22.9 Å². The lowest BCUT2D eigenvalue weighted by Gasteiger charge is -2.20. The molecule has 0 radical (unpaired) electrons. The van der Waals surface area contributed by atoms with Gasteiger partial charge in [-0.15, -0.1) is 13.2 Å². The molecule has 0 fully saturated rings. The summed E-state index contributed by atoms with van der Waals surface area (Å²) in [6.07, 6.45) is -3.20. The summed E-state index contributed by atoms with van der Waals surface area (Å²) >= 11 is 0. The number of hydrogen-bond donors (Lipinski definition) is 2. The number of hydrogen-bond acceptors (Lipinski definition) is 4. The Morgan fingerprint density at radius 1 is 1.19 bits per heavy atom. The van der Waals surface area contributed by atoms with Crippen LogP contribution in [-0.4, -0.2) is 11.3 Å². The lowest BCUT2D eigenvalue weighted by Crippen LogP contribution is -2.30. The molecule has 0 aliphatic rings. The zero-order valence-corrected chi connectivity index (χ0v) is 11.2. The van der Waals surface area contributed by atoms with E-state index in [1.165, 1.54) is 18.2 Å². The summed E-state index contributed by atoms with van der Waals surface area (Å²) in [7, 11) is 0. The molecule has 0 aliphatic carbocycles. The van der Waals surface area contributed by atoms with Crippen molar-refractivity contribution in [1.29, 1.82) is 0 Å². The molecule has 0 spiro atoms. The van der Waals surface area contributed by atoms with Crippen LogP contribution in [0.5, 0.6) is 5.75 Å². The number of para-hydroxylation sites is 1. The van der Waals surface area contributed by atoms with Crippen molar-refractivity contribution >= 4 is 0 Å². The maximum atomic E-state index is 12.5. The van der Waals surface area contributed by atoms with Gasteiger partial charge in [0.1, 0.15) is 5.75 Å². The quantitative estimate of drug-likeness (QED) is 0.673. The number of nitrogens with two attached hydrogens (primary N) is 1. The molecule has 1 aromatic carbocycles. The maximum Gasteiger partial charge on any atom is 0.573 e. The van der Waals surface area contributed by atoms with Crippen molar-refractivity contribution in [1.82, 2.24) is 10.4 Å². The highest BCUT2D eigenvalue weighted by Gasteiger charge is 2.33. The fraction of sp³-hybridized carbons (Fsp3) is 0.214. The van der Waals surface area contributed by atoms with E-state index in [0.29, 0.717) is 5.56 Å². The molecule has 0 aliphatic heterocycles. The number of hydrazine groups is 1. The maximum absolute atomic E-state index is 12.5. The third kappa shape index (κ3) is 3.93. The highest BCUT2D eigenvalue weighted by Crippen LogP contribution is 2.32. The molecule has 3 N–H and O–H groups in total. The predicted molar refractivity (Wildman–Crippen MR) is 71.3 cm³/mol. The summed E-state index contributed by atoms with van der Waals surface area (Å²) in [6, 6.07) is 8.69. The number of halogens is 3. The van der Waals surface area contributed by atoms with Gasteiger partial charge in [-0.3, -0.25) is 10.8 Å². The molecule has 1 aromatic heterocycles. The Morgan fingerprint density at radius 2 is 1.90 bits per heavy atom. The number of aryl methyl sites for hydroxylation is 1. The number of rotatable bonds is 4. The second-order valence-electron chi connectivity index (χ2n) is 4.42. The lowest BCUT2D eigenvalue weighted by molar-refractivity contribution is -0.275. The molecule has 0 saturated heterocycles. The molecule has 112 valence electrons. The Bertz CT molecular complexity index is 599. The van der Waals surface area contributed by atoms with Crippen LogP contribution >= 0.6 is 0 Å². The third-order valence-corrected chi connectivity index (χ3v) is 2.89. The Hall–Kier alpha value is -2.12. The summed E-state index contributed by atoms with van der Waals surface area (Å²) in [6.45, 7) is 1.81. The van der Waals surface area contributed by atoms with Crippen LogP contribution in [0.4, 0.5) is 13.2 Å². The lowest BCUT2D eigenvalue weighted by atomic mass is 9.99. The molecule has 1 heterocycles. The number of pyridine rings is 1. The van der Waals surface area contributed by atoms with Crippen LogP contribution < -0.4 is 16.0 Å². The summed E-state index contributed by atoms with van der Waals surface area (Å²) in [5.74, 6) is 5.20. The van der Waals surface area contributed by atoms with Crippen molar-refractivity contribution < 1.29 is 17.9 Å². The minimum atomic E-state index is -4.76. The van der Waals surface area contributed by atoms with Crippen LogP contribution in [0, 0.1) is 6.92 Å². The van der Waals surface area contributed by atoms with Crippen LogP contribution in [0.2, 0.25) is 0 Å². The van der Waals surface area contributed by atoms with Crippen LogP contribution in [-0.2, 0) is 0 Å². The highest BCUT2D eigenvalue weighted by molar-refractivity contribution is 5.41. The summed E-state index contributed by atoms with van der Waals surface area (Å²) in [5.41, 5.74) is 4.21. The van der Waals surface area contributed by atoms with E-state index in [1.54, 1.807) is 24.4 Å². The Labute approximate surface area is 119 Å². The van der Waals surface area contributed by atoms with Crippen LogP contribution in [0.15, 0.2) is 42.6 Å². The van der Waals surface area contributed by atoms with Crippen LogP contribution in [0.25, 0.3) is 0 Å². The van der Waals surface area contributed by atoms with E-state index in [1.807, 2.05) is 6.92 Å². The average molecular weight is 297 g/mol. The van der Waals surface area contributed by atoms with Crippen molar-refractivity contribution in [2.24, 2.45) is 5.84 Å². The third-order valence-electron chi connectivity index (χ3n) is 2.89. The second-order valence-corrected chi connectivity index (χ2v) is 4.42. The minimum Gasteiger partial charge on any atom is -0.405 e. The number of ether oxygens (including phenoxy) is 1. The predicted octanol–water partition coefficient (Wildman–Crippen LogP) is 2.84. The standard InChI is InChI=1S/C14H14F3N3O/c1-9-6-7-10(8-19-9)13(20-18)11-4-2-3-5-12(11)21-14(15,16)17/h2-8,13,20H,18H2,1H3.